The number of carbonyl (C=O) groups excluding carboxylic acids is 1. The molecule has 3 heteroatoms. The Morgan fingerprint density at radius 2 is 2.17 bits per heavy atom. The van der Waals surface area contributed by atoms with Crippen LogP contribution in [0.1, 0.15) is 31.4 Å². The molecule has 1 N–H and O–H groups in total. The summed E-state index contributed by atoms with van der Waals surface area (Å²) in [5, 5.41) is 3.31. The molecule has 98 valence electrons. The van der Waals surface area contributed by atoms with E-state index < -0.39 is 0 Å². The number of hydrogen-bond acceptors (Lipinski definition) is 2. The van der Waals surface area contributed by atoms with E-state index in [1.165, 1.54) is 5.56 Å². The van der Waals surface area contributed by atoms with Crippen LogP contribution in [0.3, 0.4) is 0 Å². The molecular formula is C15H22N2O. The molecule has 2 atom stereocenters. The van der Waals surface area contributed by atoms with Crippen LogP contribution >= 0.6 is 0 Å². The van der Waals surface area contributed by atoms with E-state index in [-0.39, 0.29) is 11.9 Å². The normalized spacial score (nSPS) is 20.7. The Balaban J connectivity index is 1.93. The summed E-state index contributed by atoms with van der Waals surface area (Å²) in [7, 11) is 1.91. The molecule has 18 heavy (non-hydrogen) atoms. The van der Waals surface area contributed by atoms with Gasteiger partial charge < -0.3 is 10.2 Å². The van der Waals surface area contributed by atoms with Crippen LogP contribution in [0.2, 0.25) is 0 Å². The van der Waals surface area contributed by atoms with Gasteiger partial charge >= 0.3 is 0 Å². The average molecular weight is 246 g/mol. The van der Waals surface area contributed by atoms with Crippen LogP contribution in [-0.2, 0) is 4.79 Å². The van der Waals surface area contributed by atoms with Crippen molar-refractivity contribution in [2.24, 2.45) is 5.92 Å². The molecule has 2 rings (SSSR count). The SMILES string of the molecule is CC(c1ccccc1)N(C)C(=O)CC1CCNC1. The van der Waals surface area contributed by atoms with Gasteiger partial charge in [0.2, 0.25) is 5.91 Å². The van der Waals surface area contributed by atoms with E-state index in [0.717, 1.165) is 19.5 Å². The van der Waals surface area contributed by atoms with Crippen LogP contribution in [0.4, 0.5) is 0 Å². The van der Waals surface area contributed by atoms with Crippen molar-refractivity contribution >= 4 is 5.91 Å². The summed E-state index contributed by atoms with van der Waals surface area (Å²) in [6.45, 7) is 4.12. The van der Waals surface area contributed by atoms with E-state index in [0.29, 0.717) is 12.3 Å². The number of hydrogen-bond donors (Lipinski definition) is 1. The second-order valence-electron chi connectivity index (χ2n) is 5.15. The molecule has 0 saturated carbocycles. The number of amides is 1. The topological polar surface area (TPSA) is 32.3 Å². The zero-order valence-electron chi connectivity index (χ0n) is 11.2. The Hall–Kier alpha value is -1.35. The molecule has 1 aromatic carbocycles. The minimum Gasteiger partial charge on any atom is -0.339 e. The summed E-state index contributed by atoms with van der Waals surface area (Å²) in [5.41, 5.74) is 1.19. The zero-order valence-corrected chi connectivity index (χ0v) is 11.2. The summed E-state index contributed by atoms with van der Waals surface area (Å²) in [5.74, 6) is 0.767. The van der Waals surface area contributed by atoms with Crippen molar-refractivity contribution in [2.75, 3.05) is 20.1 Å². The van der Waals surface area contributed by atoms with Crippen molar-refractivity contribution < 1.29 is 4.79 Å². The standard InChI is InChI=1S/C15H22N2O/c1-12(14-6-4-3-5-7-14)17(2)15(18)10-13-8-9-16-11-13/h3-7,12-13,16H,8-11H2,1-2H3. The van der Waals surface area contributed by atoms with E-state index in [1.54, 1.807) is 0 Å². The molecule has 3 nitrogen and oxygen atoms in total. The van der Waals surface area contributed by atoms with Gasteiger partial charge in [-0.2, -0.15) is 0 Å². The lowest BCUT2D eigenvalue weighted by molar-refractivity contribution is -0.132. The maximum atomic E-state index is 12.2. The van der Waals surface area contributed by atoms with E-state index >= 15 is 0 Å². The van der Waals surface area contributed by atoms with Crippen molar-refractivity contribution in [3.05, 3.63) is 35.9 Å². The first-order chi connectivity index (χ1) is 8.68. The monoisotopic (exact) mass is 246 g/mol. The summed E-state index contributed by atoms with van der Waals surface area (Å²) >= 11 is 0. The van der Waals surface area contributed by atoms with Crippen LogP contribution in [0.25, 0.3) is 0 Å². The third-order valence-corrected chi connectivity index (χ3v) is 3.88. The molecule has 1 heterocycles. The predicted octanol–water partition coefficient (Wildman–Crippen LogP) is 2.21. The lowest BCUT2D eigenvalue weighted by Crippen LogP contribution is -2.31. The van der Waals surface area contributed by atoms with Gasteiger partial charge in [0.05, 0.1) is 6.04 Å². The maximum absolute atomic E-state index is 12.2. The van der Waals surface area contributed by atoms with Crippen LogP contribution in [0, 0.1) is 5.92 Å². The summed E-state index contributed by atoms with van der Waals surface area (Å²) in [6.07, 6.45) is 1.79. The molecule has 1 aliphatic rings. The third kappa shape index (κ3) is 3.10. The van der Waals surface area contributed by atoms with Crippen LogP contribution in [0.15, 0.2) is 30.3 Å². The number of nitrogens with one attached hydrogen (secondary N) is 1. The molecule has 0 aliphatic carbocycles. The van der Waals surface area contributed by atoms with Crippen molar-refractivity contribution in [1.82, 2.24) is 10.2 Å². The fraction of sp³-hybridized carbons (Fsp3) is 0.533. The molecule has 2 unspecified atom stereocenters. The highest BCUT2D eigenvalue weighted by Crippen LogP contribution is 2.21. The highest BCUT2D eigenvalue weighted by atomic mass is 16.2. The first kappa shape index (κ1) is 13.1. The predicted molar refractivity (Wildman–Crippen MR) is 73.2 cm³/mol. The molecule has 1 amide bonds. The quantitative estimate of drug-likeness (QED) is 0.883. The van der Waals surface area contributed by atoms with Gasteiger partial charge in [-0.15, -0.1) is 0 Å². The van der Waals surface area contributed by atoms with Crippen LogP contribution in [-0.4, -0.2) is 30.9 Å². The van der Waals surface area contributed by atoms with E-state index in [1.807, 2.05) is 30.1 Å². The van der Waals surface area contributed by atoms with Gasteiger partial charge in [-0.1, -0.05) is 30.3 Å². The first-order valence-electron chi connectivity index (χ1n) is 6.70. The van der Waals surface area contributed by atoms with Gasteiger partial charge in [0.25, 0.3) is 0 Å². The summed E-state index contributed by atoms with van der Waals surface area (Å²) in [4.78, 5) is 14.1. The fourth-order valence-electron chi connectivity index (χ4n) is 2.45. The lowest BCUT2D eigenvalue weighted by Gasteiger charge is -2.26. The van der Waals surface area contributed by atoms with Gasteiger partial charge in [0.1, 0.15) is 0 Å². The smallest absolute Gasteiger partial charge is 0.223 e. The molecule has 1 aliphatic heterocycles. The molecule has 1 saturated heterocycles. The van der Waals surface area contributed by atoms with Gasteiger partial charge in [-0.3, -0.25) is 4.79 Å². The number of carbonyl (C=O) groups is 1. The Morgan fingerprint density at radius 1 is 1.44 bits per heavy atom. The molecule has 0 spiro atoms. The molecule has 0 radical (unpaired) electrons. The molecule has 0 aromatic heterocycles. The minimum atomic E-state index is 0.146. The van der Waals surface area contributed by atoms with Crippen molar-refractivity contribution in [1.29, 1.82) is 0 Å². The van der Waals surface area contributed by atoms with Gasteiger partial charge in [0.15, 0.2) is 0 Å². The number of benzene rings is 1. The lowest BCUT2D eigenvalue weighted by atomic mass is 10.0. The average Bonchev–Trinajstić information content (AvgIpc) is 2.91. The highest BCUT2D eigenvalue weighted by molar-refractivity contribution is 5.76. The minimum absolute atomic E-state index is 0.146. The third-order valence-electron chi connectivity index (χ3n) is 3.88. The largest absolute Gasteiger partial charge is 0.339 e. The summed E-state index contributed by atoms with van der Waals surface area (Å²) in [6, 6.07) is 10.3. The van der Waals surface area contributed by atoms with Crippen LogP contribution in [0.5, 0.6) is 0 Å². The molecular weight excluding hydrogens is 224 g/mol. The van der Waals surface area contributed by atoms with Crippen LogP contribution < -0.4 is 5.32 Å². The van der Waals surface area contributed by atoms with E-state index in [9.17, 15) is 4.79 Å². The second-order valence-corrected chi connectivity index (χ2v) is 5.15. The number of rotatable bonds is 4. The Labute approximate surface area is 109 Å². The summed E-state index contributed by atoms with van der Waals surface area (Å²) < 4.78 is 0. The Bertz CT molecular complexity index is 385. The molecule has 1 aromatic rings. The number of nitrogens with zero attached hydrogens (tertiary/aromatic N) is 1. The van der Waals surface area contributed by atoms with E-state index in [2.05, 4.69) is 24.4 Å². The Morgan fingerprint density at radius 3 is 2.78 bits per heavy atom. The molecule has 0 bridgehead atoms. The molecule has 1 fully saturated rings. The van der Waals surface area contributed by atoms with Crippen molar-refractivity contribution in [3.8, 4) is 0 Å². The fourth-order valence-corrected chi connectivity index (χ4v) is 2.45. The van der Waals surface area contributed by atoms with E-state index in [4.69, 9.17) is 0 Å². The van der Waals surface area contributed by atoms with Crippen molar-refractivity contribution in [3.63, 3.8) is 0 Å². The van der Waals surface area contributed by atoms with Gasteiger partial charge in [-0.25, -0.2) is 0 Å². The highest BCUT2D eigenvalue weighted by Gasteiger charge is 2.22. The van der Waals surface area contributed by atoms with Crippen molar-refractivity contribution in [2.45, 2.75) is 25.8 Å². The zero-order chi connectivity index (χ0) is 13.0. The van der Waals surface area contributed by atoms with Gasteiger partial charge in [-0.05, 0) is 37.9 Å². The van der Waals surface area contributed by atoms with Gasteiger partial charge in [0, 0.05) is 13.5 Å². The maximum Gasteiger partial charge on any atom is 0.223 e. The first-order valence-corrected chi connectivity index (χ1v) is 6.70. The second kappa shape index (κ2) is 6.01. The Kier molecular flexibility index (Phi) is 4.37.